The standard InChI is InChI=1S/C16H15NO2S/c18-11-3-4-14-6-8-15(9-7-14)19-12-13-20-16-5-1-2-10-17-16/h1-2,5-10,18H,11-13H2. The zero-order valence-corrected chi connectivity index (χ0v) is 11.8. The highest BCUT2D eigenvalue weighted by atomic mass is 32.2. The molecular formula is C16H15NO2S. The fraction of sp³-hybridized carbons (Fsp3) is 0.188. The average molecular weight is 285 g/mol. The molecule has 0 saturated heterocycles. The Hall–Kier alpha value is -1.96. The topological polar surface area (TPSA) is 42.4 Å². The first-order valence-electron chi connectivity index (χ1n) is 6.25. The second-order valence-corrected chi connectivity index (χ2v) is 4.96. The maximum absolute atomic E-state index is 8.61. The molecule has 0 spiro atoms. The lowest BCUT2D eigenvalue weighted by molar-refractivity contribution is 0.344. The molecule has 20 heavy (non-hydrogen) atoms. The summed E-state index contributed by atoms with van der Waals surface area (Å²) < 4.78 is 5.64. The van der Waals surface area contributed by atoms with Crippen molar-refractivity contribution >= 4 is 11.8 Å². The van der Waals surface area contributed by atoms with Crippen LogP contribution in [0.4, 0.5) is 0 Å². The van der Waals surface area contributed by atoms with Crippen molar-refractivity contribution in [2.45, 2.75) is 5.03 Å². The molecule has 1 heterocycles. The van der Waals surface area contributed by atoms with Gasteiger partial charge < -0.3 is 9.84 Å². The summed E-state index contributed by atoms with van der Waals surface area (Å²) in [5.74, 6) is 7.12. The van der Waals surface area contributed by atoms with Crippen LogP contribution in [0.3, 0.4) is 0 Å². The molecule has 1 aromatic carbocycles. The molecule has 0 unspecified atom stereocenters. The van der Waals surface area contributed by atoms with Gasteiger partial charge in [-0.1, -0.05) is 17.9 Å². The van der Waals surface area contributed by atoms with Gasteiger partial charge in [-0.2, -0.15) is 0 Å². The van der Waals surface area contributed by atoms with Gasteiger partial charge in [-0.15, -0.1) is 11.8 Å². The van der Waals surface area contributed by atoms with Gasteiger partial charge in [-0.05, 0) is 36.4 Å². The van der Waals surface area contributed by atoms with Gasteiger partial charge in [0.1, 0.15) is 12.4 Å². The van der Waals surface area contributed by atoms with E-state index < -0.39 is 0 Å². The second kappa shape index (κ2) is 8.26. The second-order valence-electron chi connectivity index (χ2n) is 3.85. The Labute approximate surface area is 123 Å². The fourth-order valence-electron chi connectivity index (χ4n) is 1.51. The number of rotatable bonds is 5. The van der Waals surface area contributed by atoms with Crippen LogP contribution in [0.25, 0.3) is 0 Å². The Morgan fingerprint density at radius 3 is 2.70 bits per heavy atom. The van der Waals surface area contributed by atoms with Crippen molar-refractivity contribution in [3.8, 4) is 17.6 Å². The molecule has 2 rings (SSSR count). The van der Waals surface area contributed by atoms with Crippen LogP contribution >= 0.6 is 11.8 Å². The normalized spacial score (nSPS) is 9.65. The van der Waals surface area contributed by atoms with Crippen molar-refractivity contribution in [2.24, 2.45) is 0 Å². The molecule has 0 bridgehead atoms. The van der Waals surface area contributed by atoms with Crippen molar-refractivity contribution in [2.75, 3.05) is 19.0 Å². The van der Waals surface area contributed by atoms with E-state index in [4.69, 9.17) is 9.84 Å². The van der Waals surface area contributed by atoms with Crippen molar-refractivity contribution < 1.29 is 9.84 Å². The van der Waals surface area contributed by atoms with Gasteiger partial charge in [0.15, 0.2) is 0 Å². The third-order valence-electron chi connectivity index (χ3n) is 2.41. The monoisotopic (exact) mass is 285 g/mol. The molecule has 0 aliphatic heterocycles. The number of ether oxygens (including phenoxy) is 1. The number of pyridine rings is 1. The largest absolute Gasteiger partial charge is 0.493 e. The summed E-state index contributed by atoms with van der Waals surface area (Å²) in [5.41, 5.74) is 0.870. The minimum atomic E-state index is -0.122. The first-order chi connectivity index (χ1) is 9.88. The Kier molecular flexibility index (Phi) is 5.97. The minimum absolute atomic E-state index is 0.122. The summed E-state index contributed by atoms with van der Waals surface area (Å²) in [5, 5.41) is 9.62. The molecule has 1 N–H and O–H groups in total. The molecule has 1 aromatic heterocycles. The smallest absolute Gasteiger partial charge is 0.119 e. The lowest BCUT2D eigenvalue weighted by Gasteiger charge is -2.05. The average Bonchev–Trinajstić information content (AvgIpc) is 2.52. The maximum atomic E-state index is 8.61. The highest BCUT2D eigenvalue weighted by Crippen LogP contribution is 2.15. The quantitative estimate of drug-likeness (QED) is 0.521. The minimum Gasteiger partial charge on any atom is -0.493 e. The van der Waals surface area contributed by atoms with E-state index in [-0.39, 0.29) is 6.61 Å². The lowest BCUT2D eigenvalue weighted by Crippen LogP contribution is -2.00. The lowest BCUT2D eigenvalue weighted by atomic mass is 10.2. The van der Waals surface area contributed by atoms with Crippen molar-refractivity contribution in [1.82, 2.24) is 4.98 Å². The molecule has 2 aromatic rings. The molecule has 0 aliphatic carbocycles. The summed E-state index contributed by atoms with van der Waals surface area (Å²) in [4.78, 5) is 4.24. The van der Waals surface area contributed by atoms with Crippen LogP contribution in [0.1, 0.15) is 5.56 Å². The van der Waals surface area contributed by atoms with Crippen LogP contribution in [0.5, 0.6) is 5.75 Å². The van der Waals surface area contributed by atoms with Crippen molar-refractivity contribution in [3.05, 3.63) is 54.2 Å². The van der Waals surface area contributed by atoms with E-state index in [1.165, 1.54) is 0 Å². The number of hydrogen-bond donors (Lipinski definition) is 1. The maximum Gasteiger partial charge on any atom is 0.119 e. The summed E-state index contributed by atoms with van der Waals surface area (Å²) in [6, 6.07) is 13.4. The summed E-state index contributed by atoms with van der Waals surface area (Å²) in [6.07, 6.45) is 1.79. The Balaban J connectivity index is 1.74. The molecule has 0 fully saturated rings. The molecule has 3 nitrogen and oxygen atoms in total. The molecule has 0 atom stereocenters. The first-order valence-corrected chi connectivity index (χ1v) is 7.23. The van der Waals surface area contributed by atoms with E-state index in [9.17, 15) is 0 Å². The summed E-state index contributed by atoms with van der Waals surface area (Å²) in [7, 11) is 0. The number of aliphatic hydroxyl groups is 1. The molecular weight excluding hydrogens is 270 g/mol. The summed E-state index contributed by atoms with van der Waals surface area (Å²) in [6.45, 7) is 0.506. The summed E-state index contributed by atoms with van der Waals surface area (Å²) >= 11 is 1.67. The van der Waals surface area contributed by atoms with E-state index in [1.807, 2.05) is 42.5 Å². The molecule has 0 amide bonds. The number of benzene rings is 1. The Bertz CT molecular complexity index is 573. The molecule has 0 aliphatic rings. The van der Waals surface area contributed by atoms with E-state index in [2.05, 4.69) is 16.8 Å². The van der Waals surface area contributed by atoms with Gasteiger partial charge >= 0.3 is 0 Å². The number of aromatic nitrogens is 1. The van der Waals surface area contributed by atoms with E-state index in [0.29, 0.717) is 6.61 Å². The van der Waals surface area contributed by atoms with Gasteiger partial charge in [0.2, 0.25) is 0 Å². The predicted octanol–water partition coefficient (Wildman–Crippen LogP) is 2.60. The first kappa shape index (κ1) is 14.4. The SMILES string of the molecule is OCC#Cc1ccc(OCCSc2ccccn2)cc1. The van der Waals surface area contributed by atoms with Crippen molar-refractivity contribution in [1.29, 1.82) is 0 Å². The van der Waals surface area contributed by atoms with Crippen LogP contribution in [-0.4, -0.2) is 29.1 Å². The van der Waals surface area contributed by atoms with Crippen molar-refractivity contribution in [3.63, 3.8) is 0 Å². The predicted molar refractivity (Wildman–Crippen MR) is 80.9 cm³/mol. The van der Waals surface area contributed by atoms with Gasteiger partial charge in [-0.3, -0.25) is 0 Å². The third kappa shape index (κ3) is 4.96. The highest BCUT2D eigenvalue weighted by molar-refractivity contribution is 7.99. The van der Waals surface area contributed by atoms with Crippen LogP contribution in [0.2, 0.25) is 0 Å². The van der Waals surface area contributed by atoms with Gasteiger partial charge in [0.05, 0.1) is 11.6 Å². The van der Waals surface area contributed by atoms with Crippen LogP contribution in [0, 0.1) is 11.8 Å². The number of thioether (sulfide) groups is 1. The molecule has 0 radical (unpaired) electrons. The Morgan fingerprint density at radius 2 is 2.00 bits per heavy atom. The van der Waals surface area contributed by atoms with Crippen LogP contribution < -0.4 is 4.74 Å². The molecule has 0 saturated carbocycles. The van der Waals surface area contributed by atoms with Crippen LogP contribution in [-0.2, 0) is 0 Å². The highest BCUT2D eigenvalue weighted by Gasteiger charge is 1.96. The fourth-order valence-corrected chi connectivity index (χ4v) is 2.20. The van der Waals surface area contributed by atoms with Crippen LogP contribution in [0.15, 0.2) is 53.7 Å². The van der Waals surface area contributed by atoms with Gasteiger partial charge in [0, 0.05) is 17.5 Å². The third-order valence-corrected chi connectivity index (χ3v) is 3.31. The Morgan fingerprint density at radius 1 is 1.15 bits per heavy atom. The zero-order chi connectivity index (χ0) is 14.0. The zero-order valence-electron chi connectivity index (χ0n) is 11.0. The molecule has 102 valence electrons. The van der Waals surface area contributed by atoms with E-state index in [0.717, 1.165) is 22.1 Å². The number of hydrogen-bond acceptors (Lipinski definition) is 4. The number of aliphatic hydroxyl groups excluding tert-OH is 1. The van der Waals surface area contributed by atoms with Gasteiger partial charge in [-0.25, -0.2) is 4.98 Å². The molecule has 4 heteroatoms. The van der Waals surface area contributed by atoms with Gasteiger partial charge in [0.25, 0.3) is 0 Å². The van der Waals surface area contributed by atoms with E-state index >= 15 is 0 Å². The number of nitrogens with zero attached hydrogens (tertiary/aromatic N) is 1. The van der Waals surface area contributed by atoms with E-state index in [1.54, 1.807) is 18.0 Å².